The van der Waals surface area contributed by atoms with E-state index in [0.717, 1.165) is 0 Å². The van der Waals surface area contributed by atoms with Gasteiger partial charge in [-0.1, -0.05) is 35.3 Å². The van der Waals surface area contributed by atoms with Crippen LogP contribution in [0.4, 0.5) is 10.7 Å². The number of benzene rings is 1. The van der Waals surface area contributed by atoms with Crippen molar-refractivity contribution in [3.8, 4) is 17.2 Å². The maximum absolute atomic E-state index is 12.0. The third-order valence-electron chi connectivity index (χ3n) is 5.57. The average molecular weight is 460 g/mol. The SMILES string of the molecule is Cc1nc(N2CC3C(C2)C3NC(=O)OC(C)(C)C)nc(C#N)c1-c1cccc(Cl)c1Cl. The number of ether oxygens (including phenoxy) is 1. The fraction of sp³-hybridized carbons (Fsp3) is 0.455. The zero-order valence-electron chi connectivity index (χ0n) is 17.7. The molecule has 2 unspecified atom stereocenters. The molecule has 0 spiro atoms. The van der Waals surface area contributed by atoms with Crippen LogP contribution in [0, 0.1) is 30.1 Å². The Morgan fingerprint density at radius 1 is 1.26 bits per heavy atom. The molecule has 0 radical (unpaired) electrons. The number of nitrogens with one attached hydrogen (secondary N) is 1. The molecule has 9 heteroatoms. The van der Waals surface area contributed by atoms with Gasteiger partial charge in [0.1, 0.15) is 11.7 Å². The van der Waals surface area contributed by atoms with Crippen LogP contribution in [-0.2, 0) is 4.74 Å². The number of alkyl carbamates (subject to hydrolysis) is 1. The van der Waals surface area contributed by atoms with E-state index in [1.54, 1.807) is 18.2 Å². The van der Waals surface area contributed by atoms with Gasteiger partial charge in [-0.15, -0.1) is 0 Å². The zero-order valence-corrected chi connectivity index (χ0v) is 19.3. The average Bonchev–Trinajstić information content (AvgIpc) is 3.10. The highest BCUT2D eigenvalue weighted by Crippen LogP contribution is 2.46. The lowest BCUT2D eigenvalue weighted by molar-refractivity contribution is 0.0518. The van der Waals surface area contributed by atoms with E-state index < -0.39 is 5.60 Å². The summed E-state index contributed by atoms with van der Waals surface area (Å²) in [5, 5.41) is 13.5. The van der Waals surface area contributed by atoms with Crippen LogP contribution in [0.5, 0.6) is 0 Å². The molecule has 2 fully saturated rings. The number of carbonyl (C=O) groups is 1. The number of hydrogen-bond donors (Lipinski definition) is 1. The molecule has 31 heavy (non-hydrogen) atoms. The normalized spacial score (nSPS) is 22.0. The second-order valence-electron chi connectivity index (χ2n) is 8.95. The number of aromatic nitrogens is 2. The van der Waals surface area contributed by atoms with Gasteiger partial charge in [0.05, 0.1) is 15.7 Å². The second-order valence-corrected chi connectivity index (χ2v) is 9.74. The van der Waals surface area contributed by atoms with Crippen LogP contribution in [0.25, 0.3) is 11.1 Å². The van der Waals surface area contributed by atoms with Gasteiger partial charge in [0.25, 0.3) is 0 Å². The lowest BCUT2D eigenvalue weighted by Gasteiger charge is -2.23. The molecule has 7 nitrogen and oxygen atoms in total. The number of halogens is 2. The van der Waals surface area contributed by atoms with Gasteiger partial charge in [0.15, 0.2) is 5.69 Å². The van der Waals surface area contributed by atoms with Crippen molar-refractivity contribution in [2.75, 3.05) is 18.0 Å². The largest absolute Gasteiger partial charge is 0.444 e. The Bertz CT molecular complexity index is 1080. The molecule has 2 aromatic rings. The summed E-state index contributed by atoms with van der Waals surface area (Å²) in [6, 6.07) is 7.56. The molecule has 1 saturated heterocycles. The maximum atomic E-state index is 12.0. The minimum Gasteiger partial charge on any atom is -0.444 e. The van der Waals surface area contributed by atoms with Gasteiger partial charge in [-0.2, -0.15) is 5.26 Å². The molecule has 1 amide bonds. The summed E-state index contributed by atoms with van der Waals surface area (Å²) in [7, 11) is 0. The Labute approximate surface area is 191 Å². The first-order valence-corrected chi connectivity index (χ1v) is 10.8. The Balaban J connectivity index is 1.50. The topological polar surface area (TPSA) is 91.1 Å². The molecule has 1 aromatic heterocycles. The molecule has 2 aliphatic rings. The molecule has 162 valence electrons. The van der Waals surface area contributed by atoms with Crippen molar-refractivity contribution in [3.63, 3.8) is 0 Å². The maximum Gasteiger partial charge on any atom is 0.407 e. The van der Waals surface area contributed by atoms with Crippen LogP contribution in [0.3, 0.4) is 0 Å². The molecule has 2 heterocycles. The fourth-order valence-corrected chi connectivity index (χ4v) is 4.54. The van der Waals surface area contributed by atoms with Crippen molar-refractivity contribution in [1.82, 2.24) is 15.3 Å². The first kappa shape index (κ1) is 21.7. The Morgan fingerprint density at radius 2 is 1.94 bits per heavy atom. The van der Waals surface area contributed by atoms with Crippen LogP contribution in [0.15, 0.2) is 18.2 Å². The van der Waals surface area contributed by atoms with E-state index in [1.807, 2.05) is 27.7 Å². The van der Waals surface area contributed by atoms with Crippen molar-refractivity contribution in [1.29, 1.82) is 5.26 Å². The predicted octanol–water partition coefficient (Wildman–Crippen LogP) is 4.59. The van der Waals surface area contributed by atoms with Gasteiger partial charge in [-0.05, 0) is 33.8 Å². The van der Waals surface area contributed by atoms with E-state index >= 15 is 0 Å². The molecule has 4 rings (SSSR count). The molecule has 1 aromatic carbocycles. The minimum atomic E-state index is -0.521. The molecule has 1 N–H and O–H groups in total. The fourth-order valence-electron chi connectivity index (χ4n) is 4.15. The van der Waals surface area contributed by atoms with Crippen LogP contribution in [0.2, 0.25) is 10.0 Å². The Morgan fingerprint density at radius 3 is 2.55 bits per heavy atom. The van der Waals surface area contributed by atoms with E-state index in [9.17, 15) is 10.1 Å². The van der Waals surface area contributed by atoms with E-state index in [0.29, 0.717) is 57.7 Å². The van der Waals surface area contributed by atoms with Crippen LogP contribution < -0.4 is 10.2 Å². The second kappa shape index (κ2) is 7.85. The van der Waals surface area contributed by atoms with Crippen LogP contribution >= 0.6 is 23.2 Å². The van der Waals surface area contributed by atoms with Crippen LogP contribution in [-0.4, -0.2) is 40.8 Å². The predicted molar refractivity (Wildman–Crippen MR) is 119 cm³/mol. The molecule has 1 saturated carbocycles. The van der Waals surface area contributed by atoms with Gasteiger partial charge in [0, 0.05) is 42.1 Å². The third-order valence-corrected chi connectivity index (χ3v) is 6.38. The number of aryl methyl sites for hydroxylation is 1. The summed E-state index contributed by atoms with van der Waals surface area (Å²) >= 11 is 12.5. The number of piperidine rings is 1. The quantitative estimate of drug-likeness (QED) is 0.721. The summed E-state index contributed by atoms with van der Waals surface area (Å²) in [6.45, 7) is 8.79. The molecule has 2 atom stereocenters. The lowest BCUT2D eigenvalue weighted by atomic mass is 10.0. The van der Waals surface area contributed by atoms with Crippen LogP contribution in [0.1, 0.15) is 32.2 Å². The monoisotopic (exact) mass is 459 g/mol. The molecule has 1 aliphatic carbocycles. The number of amides is 1. The van der Waals surface area contributed by atoms with Gasteiger partial charge in [-0.3, -0.25) is 0 Å². The summed E-state index contributed by atoms with van der Waals surface area (Å²) in [5.41, 5.74) is 1.63. The zero-order chi connectivity index (χ0) is 22.5. The van der Waals surface area contributed by atoms with Gasteiger partial charge >= 0.3 is 6.09 Å². The number of anilines is 1. The lowest BCUT2D eigenvalue weighted by Crippen LogP contribution is -2.38. The minimum absolute atomic E-state index is 0.104. The summed E-state index contributed by atoms with van der Waals surface area (Å²) in [4.78, 5) is 23.2. The van der Waals surface area contributed by atoms with E-state index in [1.165, 1.54) is 0 Å². The van der Waals surface area contributed by atoms with Crippen molar-refractivity contribution < 1.29 is 9.53 Å². The van der Waals surface area contributed by atoms with Gasteiger partial charge in [-0.25, -0.2) is 14.8 Å². The molecule has 0 bridgehead atoms. The number of nitrogens with zero attached hydrogens (tertiary/aromatic N) is 4. The van der Waals surface area contributed by atoms with Crippen molar-refractivity contribution in [2.24, 2.45) is 11.8 Å². The summed E-state index contributed by atoms with van der Waals surface area (Å²) in [6.07, 6.45) is -0.389. The number of nitriles is 1. The highest BCUT2D eigenvalue weighted by molar-refractivity contribution is 6.43. The van der Waals surface area contributed by atoms with Gasteiger partial charge < -0.3 is 15.0 Å². The van der Waals surface area contributed by atoms with Crippen molar-refractivity contribution in [2.45, 2.75) is 39.3 Å². The highest BCUT2D eigenvalue weighted by Gasteiger charge is 2.57. The van der Waals surface area contributed by atoms with E-state index in [2.05, 4.69) is 26.3 Å². The Hall–Kier alpha value is -2.56. The highest BCUT2D eigenvalue weighted by atomic mass is 35.5. The molecular formula is C22H23Cl2N5O2. The first-order valence-electron chi connectivity index (χ1n) is 10.1. The van der Waals surface area contributed by atoms with E-state index in [4.69, 9.17) is 27.9 Å². The Kier molecular flexibility index (Phi) is 5.48. The van der Waals surface area contributed by atoms with Crippen molar-refractivity contribution in [3.05, 3.63) is 39.6 Å². The number of hydrogen-bond acceptors (Lipinski definition) is 6. The summed E-state index contributed by atoms with van der Waals surface area (Å²) < 4.78 is 5.34. The first-order chi connectivity index (χ1) is 14.6. The number of rotatable bonds is 3. The number of carbonyl (C=O) groups excluding carboxylic acids is 1. The third kappa shape index (κ3) is 4.28. The number of fused-ring (bicyclic) bond motifs is 1. The standard InChI is InChI=1S/C22H23Cl2N5O2/c1-11-17(12-6-5-7-15(23)18(12)24)16(8-25)27-20(26-11)29-9-13-14(10-29)19(13)28-21(30)31-22(2,3)4/h5-7,13-14,19H,9-10H2,1-4H3,(H,28,30). The smallest absolute Gasteiger partial charge is 0.407 e. The summed E-state index contributed by atoms with van der Waals surface area (Å²) in [5.74, 6) is 1.16. The van der Waals surface area contributed by atoms with Crippen molar-refractivity contribution >= 4 is 35.2 Å². The van der Waals surface area contributed by atoms with E-state index in [-0.39, 0.29) is 17.8 Å². The van der Waals surface area contributed by atoms with Gasteiger partial charge in [0.2, 0.25) is 5.95 Å². The molecular weight excluding hydrogens is 437 g/mol. The molecule has 1 aliphatic heterocycles.